The third-order valence-electron chi connectivity index (χ3n) is 7.69. The fourth-order valence-corrected chi connectivity index (χ4v) is 5.26. The summed E-state index contributed by atoms with van der Waals surface area (Å²) in [7, 11) is 0. The van der Waals surface area contributed by atoms with Crippen LogP contribution in [0.1, 0.15) is 188 Å². The van der Waals surface area contributed by atoms with Gasteiger partial charge in [0.05, 0.1) is 12.0 Å². The van der Waals surface area contributed by atoms with Crippen molar-refractivity contribution in [2.24, 2.45) is 5.41 Å². The molecule has 0 bridgehead atoms. The minimum absolute atomic E-state index is 0.152. The molecule has 2 nitrogen and oxygen atoms in total. The molecule has 2 heteroatoms. The zero-order chi connectivity index (χ0) is 25.2. The quantitative estimate of drug-likeness (QED) is 0.0862. The molecule has 0 saturated carbocycles. The Bertz CT molecular complexity index is 419. The summed E-state index contributed by atoms with van der Waals surface area (Å²) in [5.41, 5.74) is -0.217. The molecule has 204 valence electrons. The van der Waals surface area contributed by atoms with Gasteiger partial charge in [0.1, 0.15) is 0 Å². The van der Waals surface area contributed by atoms with E-state index >= 15 is 0 Å². The molecule has 0 heterocycles. The fraction of sp³-hybridized carbons (Fsp3) is 0.969. The molecule has 0 spiro atoms. The van der Waals surface area contributed by atoms with Crippen molar-refractivity contribution in [3.63, 3.8) is 0 Å². The van der Waals surface area contributed by atoms with Crippen LogP contribution in [0.3, 0.4) is 0 Å². The summed E-state index contributed by atoms with van der Waals surface area (Å²) in [5.74, 6) is 0.152. The van der Waals surface area contributed by atoms with E-state index in [1.807, 2.05) is 0 Å². The first-order valence-electron chi connectivity index (χ1n) is 15.8. The average molecular weight is 481 g/mol. The lowest BCUT2D eigenvalue weighted by molar-refractivity contribution is -0.158. The summed E-state index contributed by atoms with van der Waals surface area (Å²) in [6.07, 6.45) is 31.2. The van der Waals surface area contributed by atoms with E-state index in [2.05, 4.69) is 27.7 Å². The lowest BCUT2D eigenvalue weighted by Gasteiger charge is -2.32. The molecule has 0 rings (SSSR count). The lowest BCUT2D eigenvalue weighted by atomic mass is 9.74. The first-order chi connectivity index (χ1) is 16.7. The van der Waals surface area contributed by atoms with Crippen molar-refractivity contribution in [1.29, 1.82) is 0 Å². The van der Waals surface area contributed by atoms with Crippen LogP contribution in [0.15, 0.2) is 0 Å². The molecule has 0 fully saturated rings. The summed E-state index contributed by atoms with van der Waals surface area (Å²) in [4.78, 5) is 13.6. The molecule has 0 aliphatic rings. The van der Waals surface area contributed by atoms with E-state index in [9.17, 15) is 4.79 Å². The molecule has 1 unspecified atom stereocenters. The Morgan fingerprint density at radius 3 is 1.09 bits per heavy atom. The van der Waals surface area contributed by atoms with Gasteiger partial charge in [0, 0.05) is 0 Å². The molecule has 0 saturated heterocycles. The number of carbonyl (C=O) groups excluding carboxylic acids is 1. The van der Waals surface area contributed by atoms with Crippen LogP contribution in [0, 0.1) is 5.41 Å². The van der Waals surface area contributed by atoms with Gasteiger partial charge >= 0.3 is 5.97 Å². The van der Waals surface area contributed by atoms with Gasteiger partial charge in [-0.05, 0) is 25.7 Å². The molecule has 0 aliphatic carbocycles. The molecule has 0 aromatic rings. The van der Waals surface area contributed by atoms with Crippen LogP contribution in [-0.4, -0.2) is 12.6 Å². The van der Waals surface area contributed by atoms with Gasteiger partial charge in [0.25, 0.3) is 0 Å². The molecular formula is C32H64O2. The summed E-state index contributed by atoms with van der Waals surface area (Å²) >= 11 is 0. The maximum atomic E-state index is 13.6. The highest BCUT2D eigenvalue weighted by Gasteiger charge is 2.38. The third-order valence-corrected chi connectivity index (χ3v) is 7.69. The molecule has 34 heavy (non-hydrogen) atoms. The Hall–Kier alpha value is -0.530. The van der Waals surface area contributed by atoms with Crippen LogP contribution in [0.2, 0.25) is 0 Å². The van der Waals surface area contributed by atoms with Gasteiger partial charge in [0.15, 0.2) is 0 Å². The predicted octanol–water partition coefficient (Wildman–Crippen LogP) is 11.3. The van der Waals surface area contributed by atoms with Crippen LogP contribution in [-0.2, 0) is 9.53 Å². The normalized spacial score (nSPS) is 13.2. The average Bonchev–Trinajstić information content (AvgIpc) is 2.84. The van der Waals surface area contributed by atoms with Crippen molar-refractivity contribution in [3.05, 3.63) is 0 Å². The van der Waals surface area contributed by atoms with Gasteiger partial charge in [-0.25, -0.2) is 0 Å². The monoisotopic (exact) mass is 480 g/mol. The Balaban J connectivity index is 4.97. The Kier molecular flexibility index (Phi) is 25.2. The van der Waals surface area contributed by atoms with Gasteiger partial charge in [-0.15, -0.1) is 0 Å². The van der Waals surface area contributed by atoms with Gasteiger partial charge < -0.3 is 4.74 Å². The summed E-state index contributed by atoms with van der Waals surface area (Å²) in [6.45, 7) is 9.70. The maximum absolute atomic E-state index is 13.6. The first-order valence-corrected chi connectivity index (χ1v) is 15.8. The van der Waals surface area contributed by atoms with Gasteiger partial charge in [-0.3, -0.25) is 4.79 Å². The van der Waals surface area contributed by atoms with Crippen LogP contribution in [0.25, 0.3) is 0 Å². The minimum Gasteiger partial charge on any atom is -0.465 e. The summed E-state index contributed by atoms with van der Waals surface area (Å²) in [6, 6.07) is 0. The molecule has 0 amide bonds. The highest BCUT2D eigenvalue weighted by atomic mass is 16.5. The third kappa shape index (κ3) is 18.8. The Morgan fingerprint density at radius 1 is 0.441 bits per heavy atom. The predicted molar refractivity (Wildman–Crippen MR) is 152 cm³/mol. The maximum Gasteiger partial charge on any atom is 0.312 e. The van der Waals surface area contributed by atoms with Crippen molar-refractivity contribution < 1.29 is 9.53 Å². The van der Waals surface area contributed by atoms with Gasteiger partial charge in [0.2, 0.25) is 0 Å². The molecule has 0 aliphatic heterocycles. The molecule has 0 N–H and O–H groups in total. The van der Waals surface area contributed by atoms with Crippen molar-refractivity contribution >= 4 is 5.97 Å². The highest BCUT2D eigenvalue weighted by Crippen LogP contribution is 2.39. The van der Waals surface area contributed by atoms with E-state index in [-0.39, 0.29) is 11.4 Å². The van der Waals surface area contributed by atoms with Crippen LogP contribution in [0.5, 0.6) is 0 Å². The van der Waals surface area contributed by atoms with Crippen molar-refractivity contribution in [1.82, 2.24) is 0 Å². The smallest absolute Gasteiger partial charge is 0.312 e. The number of carbonyl (C=O) groups is 1. The zero-order valence-electron chi connectivity index (χ0n) is 24.2. The Labute approximate surface area is 215 Å². The van der Waals surface area contributed by atoms with Gasteiger partial charge in [-0.2, -0.15) is 0 Å². The van der Waals surface area contributed by atoms with Crippen LogP contribution < -0.4 is 0 Å². The Morgan fingerprint density at radius 2 is 0.735 bits per heavy atom. The number of esters is 1. The van der Waals surface area contributed by atoms with E-state index in [1.165, 1.54) is 135 Å². The van der Waals surface area contributed by atoms with Crippen LogP contribution in [0.4, 0.5) is 0 Å². The molecule has 0 aromatic heterocycles. The number of hydrogen-bond acceptors (Lipinski definition) is 2. The SMILES string of the molecule is CCCCCCCCCC(CCCCCCC)(CCCCCCCC)C(=O)OCCCCCC. The summed E-state index contributed by atoms with van der Waals surface area (Å²) < 4.78 is 6.00. The molecule has 0 aromatic carbocycles. The number of hydrogen-bond donors (Lipinski definition) is 0. The largest absolute Gasteiger partial charge is 0.465 e. The molecular weight excluding hydrogens is 416 g/mol. The van der Waals surface area contributed by atoms with Crippen molar-refractivity contribution in [3.8, 4) is 0 Å². The fourth-order valence-electron chi connectivity index (χ4n) is 5.26. The molecule has 0 radical (unpaired) electrons. The zero-order valence-corrected chi connectivity index (χ0v) is 24.2. The second kappa shape index (κ2) is 25.6. The van der Waals surface area contributed by atoms with E-state index < -0.39 is 0 Å². The van der Waals surface area contributed by atoms with Crippen molar-refractivity contribution in [2.45, 2.75) is 188 Å². The van der Waals surface area contributed by atoms with Gasteiger partial charge in [-0.1, -0.05) is 163 Å². The van der Waals surface area contributed by atoms with E-state index in [1.54, 1.807) is 0 Å². The topological polar surface area (TPSA) is 26.3 Å². The number of unbranched alkanes of at least 4 members (excludes halogenated alkanes) is 18. The van der Waals surface area contributed by atoms with Crippen LogP contribution >= 0.6 is 0 Å². The second-order valence-electron chi connectivity index (χ2n) is 11.0. The second-order valence-corrected chi connectivity index (χ2v) is 11.0. The highest BCUT2D eigenvalue weighted by molar-refractivity contribution is 5.76. The van der Waals surface area contributed by atoms with E-state index in [0.29, 0.717) is 6.61 Å². The first kappa shape index (κ1) is 33.5. The van der Waals surface area contributed by atoms with Crippen molar-refractivity contribution in [2.75, 3.05) is 6.61 Å². The minimum atomic E-state index is -0.217. The standard InChI is InChI=1S/C32H64O2/c1-5-9-13-17-19-22-25-29-32(27-23-20-15-11-7-3,28-24-21-18-14-10-6-2)31(33)34-30-26-16-12-8-4/h5-30H2,1-4H3. The number of ether oxygens (including phenoxy) is 1. The van der Waals surface area contributed by atoms with E-state index in [4.69, 9.17) is 4.74 Å². The number of rotatable bonds is 27. The summed E-state index contributed by atoms with van der Waals surface area (Å²) in [5, 5.41) is 0. The lowest BCUT2D eigenvalue weighted by Crippen LogP contribution is -2.34. The van der Waals surface area contributed by atoms with E-state index in [0.717, 1.165) is 25.7 Å². The molecule has 1 atom stereocenters.